The van der Waals surface area contributed by atoms with Gasteiger partial charge in [0.1, 0.15) is 12.0 Å². The van der Waals surface area contributed by atoms with Gasteiger partial charge >= 0.3 is 0 Å². The summed E-state index contributed by atoms with van der Waals surface area (Å²) in [6.07, 6.45) is 3.00. The maximum atomic E-state index is 15.2. The van der Waals surface area contributed by atoms with Gasteiger partial charge in [0.2, 0.25) is 0 Å². The molecule has 5 rings (SSSR count). The Hall–Kier alpha value is -4.71. The fraction of sp³-hybridized carbons (Fsp3) is 0.231. The Morgan fingerprint density at radius 2 is 2.00 bits per heavy atom. The van der Waals surface area contributed by atoms with Gasteiger partial charge in [-0.3, -0.25) is 14.5 Å². The van der Waals surface area contributed by atoms with Crippen LogP contribution >= 0.6 is 0 Å². The Bertz CT molecular complexity index is 1600. The zero-order valence-electron chi connectivity index (χ0n) is 21.1. The molecule has 0 radical (unpaired) electrons. The van der Waals surface area contributed by atoms with E-state index in [1.807, 2.05) is 37.3 Å². The van der Waals surface area contributed by atoms with Crippen molar-refractivity contribution < 1.29 is 18.7 Å². The molecule has 194 valence electrons. The number of rotatable bonds is 9. The van der Waals surface area contributed by atoms with Gasteiger partial charge in [-0.2, -0.15) is 5.10 Å². The number of aromatic nitrogens is 7. The van der Waals surface area contributed by atoms with Gasteiger partial charge in [0.15, 0.2) is 11.6 Å². The van der Waals surface area contributed by atoms with Crippen LogP contribution in [0.15, 0.2) is 55.0 Å². The molecule has 0 atom stereocenters. The van der Waals surface area contributed by atoms with E-state index in [4.69, 9.17) is 9.47 Å². The monoisotopic (exact) mass is 516 g/mol. The van der Waals surface area contributed by atoms with Crippen LogP contribution in [0.1, 0.15) is 32.9 Å². The van der Waals surface area contributed by atoms with E-state index in [-0.39, 0.29) is 24.5 Å². The second kappa shape index (κ2) is 10.7. The van der Waals surface area contributed by atoms with Gasteiger partial charge in [0.05, 0.1) is 37.0 Å². The number of benzene rings is 2. The molecule has 2 aromatic carbocycles. The van der Waals surface area contributed by atoms with Gasteiger partial charge in [-0.05, 0) is 53.2 Å². The molecular weight excluding hydrogens is 491 g/mol. The highest BCUT2D eigenvalue weighted by Gasteiger charge is 2.20. The summed E-state index contributed by atoms with van der Waals surface area (Å²) in [5.41, 5.74) is 4.22. The maximum Gasteiger partial charge on any atom is 0.255 e. The van der Waals surface area contributed by atoms with Gasteiger partial charge in [0, 0.05) is 36.5 Å². The van der Waals surface area contributed by atoms with E-state index in [1.165, 1.54) is 31.3 Å². The molecule has 0 fully saturated rings. The van der Waals surface area contributed by atoms with Crippen LogP contribution in [-0.4, -0.2) is 55.1 Å². The minimum Gasteiger partial charge on any atom is -0.494 e. The zero-order valence-corrected chi connectivity index (χ0v) is 21.1. The lowest BCUT2D eigenvalue weighted by Gasteiger charge is -2.13. The largest absolute Gasteiger partial charge is 0.494 e. The van der Waals surface area contributed by atoms with E-state index in [0.717, 1.165) is 22.2 Å². The third-order valence-corrected chi connectivity index (χ3v) is 6.03. The number of nitrogens with one attached hydrogen (secondary N) is 1. The molecule has 3 aromatic heterocycles. The Morgan fingerprint density at radius 1 is 1.13 bits per heavy atom. The van der Waals surface area contributed by atoms with Crippen LogP contribution in [0.3, 0.4) is 0 Å². The minimum atomic E-state index is -0.616. The molecule has 0 aliphatic heterocycles. The van der Waals surface area contributed by atoms with Crippen molar-refractivity contribution in [3.63, 3.8) is 0 Å². The van der Waals surface area contributed by atoms with Gasteiger partial charge in [-0.15, -0.1) is 5.10 Å². The number of nitrogens with zero attached hydrogens (tertiary/aromatic N) is 7. The number of ether oxygens (including phenoxy) is 2. The number of halogens is 1. The van der Waals surface area contributed by atoms with E-state index in [2.05, 4.69) is 30.9 Å². The second-order valence-corrected chi connectivity index (χ2v) is 8.62. The SMILES string of the molecule is COCc1nn(Cc2ccc3nc(C)ccc3c2)cc1C(=O)NCc1c(-n2cnnn2)ccc(OC)c1F. The topological polar surface area (TPSA) is 122 Å². The second-order valence-electron chi connectivity index (χ2n) is 8.62. The number of fused-ring (bicyclic) bond motifs is 1. The van der Waals surface area contributed by atoms with Crippen molar-refractivity contribution in [1.82, 2.24) is 40.3 Å². The molecule has 5 aromatic rings. The highest BCUT2D eigenvalue weighted by atomic mass is 19.1. The van der Waals surface area contributed by atoms with Crippen molar-refractivity contribution in [1.29, 1.82) is 0 Å². The Labute approximate surface area is 217 Å². The van der Waals surface area contributed by atoms with Crippen LogP contribution < -0.4 is 10.1 Å². The molecule has 0 bridgehead atoms. The lowest BCUT2D eigenvalue weighted by Crippen LogP contribution is -2.25. The summed E-state index contributed by atoms with van der Waals surface area (Å²) < 4.78 is 28.5. The Kier molecular flexibility index (Phi) is 7.05. The quantitative estimate of drug-likeness (QED) is 0.317. The number of carbonyl (C=O) groups is 1. The van der Waals surface area contributed by atoms with Crippen molar-refractivity contribution in [3.8, 4) is 11.4 Å². The Morgan fingerprint density at radius 3 is 2.76 bits per heavy atom. The number of hydrogen-bond acceptors (Lipinski definition) is 8. The number of methoxy groups -OCH3 is 2. The predicted molar refractivity (Wildman–Crippen MR) is 135 cm³/mol. The molecular formula is C26H25FN8O3. The summed E-state index contributed by atoms with van der Waals surface area (Å²) in [6.45, 7) is 2.41. The highest BCUT2D eigenvalue weighted by molar-refractivity contribution is 5.95. The van der Waals surface area contributed by atoms with Gasteiger partial charge in [0.25, 0.3) is 5.91 Å². The molecule has 3 heterocycles. The molecule has 38 heavy (non-hydrogen) atoms. The van der Waals surface area contributed by atoms with E-state index in [0.29, 0.717) is 23.5 Å². The third-order valence-electron chi connectivity index (χ3n) is 6.03. The normalized spacial score (nSPS) is 11.2. The highest BCUT2D eigenvalue weighted by Crippen LogP contribution is 2.26. The smallest absolute Gasteiger partial charge is 0.255 e. The molecule has 1 N–H and O–H groups in total. The molecule has 0 spiro atoms. The van der Waals surface area contributed by atoms with E-state index in [1.54, 1.807) is 16.9 Å². The van der Waals surface area contributed by atoms with Crippen LogP contribution in [0.4, 0.5) is 4.39 Å². The van der Waals surface area contributed by atoms with Gasteiger partial charge < -0.3 is 14.8 Å². The predicted octanol–water partition coefficient (Wildman–Crippen LogP) is 2.99. The molecule has 0 aliphatic rings. The van der Waals surface area contributed by atoms with Crippen molar-refractivity contribution in [2.24, 2.45) is 0 Å². The van der Waals surface area contributed by atoms with E-state index in [9.17, 15) is 4.79 Å². The first kappa shape index (κ1) is 25.0. The number of tetrazole rings is 1. The van der Waals surface area contributed by atoms with Crippen LogP contribution in [0.25, 0.3) is 16.6 Å². The zero-order chi connectivity index (χ0) is 26.6. The van der Waals surface area contributed by atoms with E-state index >= 15 is 4.39 Å². The molecule has 0 saturated heterocycles. The first-order chi connectivity index (χ1) is 18.5. The maximum absolute atomic E-state index is 15.2. The molecule has 12 heteroatoms. The number of carbonyl (C=O) groups excluding carboxylic acids is 1. The molecule has 1 amide bonds. The molecule has 0 aliphatic carbocycles. The molecule has 11 nitrogen and oxygen atoms in total. The van der Waals surface area contributed by atoms with Gasteiger partial charge in [-0.1, -0.05) is 12.1 Å². The minimum absolute atomic E-state index is 0.0414. The summed E-state index contributed by atoms with van der Waals surface area (Å²) in [4.78, 5) is 17.8. The summed E-state index contributed by atoms with van der Waals surface area (Å²) >= 11 is 0. The summed E-state index contributed by atoms with van der Waals surface area (Å²) in [5.74, 6) is -0.999. The fourth-order valence-corrected chi connectivity index (χ4v) is 4.20. The van der Waals surface area contributed by atoms with Crippen molar-refractivity contribution in [3.05, 3.63) is 88.9 Å². The van der Waals surface area contributed by atoms with Gasteiger partial charge in [-0.25, -0.2) is 9.07 Å². The fourth-order valence-electron chi connectivity index (χ4n) is 4.20. The average molecular weight is 517 g/mol. The first-order valence-electron chi connectivity index (χ1n) is 11.7. The van der Waals surface area contributed by atoms with Crippen molar-refractivity contribution in [2.75, 3.05) is 14.2 Å². The number of amides is 1. The number of hydrogen-bond donors (Lipinski definition) is 1. The summed E-state index contributed by atoms with van der Waals surface area (Å²) in [7, 11) is 2.90. The lowest BCUT2D eigenvalue weighted by atomic mass is 10.1. The standard InChI is InChI=1S/C26H25FN8O3/c1-16-4-6-18-10-17(5-7-21(18)30-16)12-34-13-20(22(31-34)14-37-2)26(36)28-11-19-23(35-15-29-32-33-35)8-9-24(38-3)25(19)27/h4-10,13,15H,11-12,14H2,1-3H3,(H,28,36). The number of aryl methyl sites for hydroxylation is 1. The van der Waals surface area contributed by atoms with Crippen molar-refractivity contribution in [2.45, 2.75) is 26.6 Å². The van der Waals surface area contributed by atoms with Crippen LogP contribution in [-0.2, 0) is 24.4 Å². The van der Waals surface area contributed by atoms with Crippen LogP contribution in [0, 0.1) is 12.7 Å². The van der Waals surface area contributed by atoms with Crippen molar-refractivity contribution >= 4 is 16.8 Å². The molecule has 0 unspecified atom stereocenters. The lowest BCUT2D eigenvalue weighted by molar-refractivity contribution is 0.0945. The summed E-state index contributed by atoms with van der Waals surface area (Å²) in [6, 6.07) is 13.1. The third kappa shape index (κ3) is 5.06. The van der Waals surface area contributed by atoms with Crippen LogP contribution in [0.5, 0.6) is 5.75 Å². The first-order valence-corrected chi connectivity index (χ1v) is 11.7. The number of pyridine rings is 1. The van der Waals surface area contributed by atoms with Crippen LogP contribution in [0.2, 0.25) is 0 Å². The summed E-state index contributed by atoms with van der Waals surface area (Å²) in [5, 5.41) is 19.4. The Balaban J connectivity index is 1.38. The van der Waals surface area contributed by atoms with E-state index < -0.39 is 11.7 Å². The molecule has 0 saturated carbocycles. The average Bonchev–Trinajstić information content (AvgIpc) is 3.58.